The van der Waals surface area contributed by atoms with E-state index in [0.717, 1.165) is 29.8 Å². The van der Waals surface area contributed by atoms with Crippen LogP contribution in [0.2, 0.25) is 0 Å². The van der Waals surface area contributed by atoms with Crippen molar-refractivity contribution in [2.24, 2.45) is 10.9 Å². The van der Waals surface area contributed by atoms with E-state index in [1.807, 2.05) is 51.2 Å². The Hall–Kier alpha value is -3.00. The molecule has 0 aliphatic carbocycles. The van der Waals surface area contributed by atoms with E-state index in [1.54, 1.807) is 20.8 Å². The van der Waals surface area contributed by atoms with Crippen molar-refractivity contribution in [3.05, 3.63) is 64.6 Å². The van der Waals surface area contributed by atoms with E-state index in [0.29, 0.717) is 18.9 Å². The highest BCUT2D eigenvalue weighted by Gasteiger charge is 2.27. The minimum atomic E-state index is -0.808. The summed E-state index contributed by atoms with van der Waals surface area (Å²) in [4.78, 5) is 19.0. The number of allylic oxidation sites excluding steroid dienone is 2. The van der Waals surface area contributed by atoms with Gasteiger partial charge in [-0.25, -0.2) is 13.6 Å². The van der Waals surface area contributed by atoms with Crippen LogP contribution in [0.5, 0.6) is 0 Å². The van der Waals surface area contributed by atoms with Crippen LogP contribution in [0.25, 0.3) is 0 Å². The molecule has 0 heterocycles. The fourth-order valence-electron chi connectivity index (χ4n) is 4.00. The van der Waals surface area contributed by atoms with Gasteiger partial charge in [0.05, 0.1) is 17.1 Å². The van der Waals surface area contributed by atoms with Gasteiger partial charge in [0.2, 0.25) is 0 Å². The highest BCUT2D eigenvalue weighted by atomic mass is 19.1. The number of likely N-dealkylation sites (N-methyl/N-ethyl adjacent to an activating group) is 1. The number of benzene rings is 1. The summed E-state index contributed by atoms with van der Waals surface area (Å²) in [6.07, 6.45) is 9.24. The molecule has 0 aliphatic rings. The van der Waals surface area contributed by atoms with E-state index in [1.165, 1.54) is 12.1 Å². The maximum atomic E-state index is 15.6. The summed E-state index contributed by atoms with van der Waals surface area (Å²) >= 11 is 0. The number of aliphatic imine (C=N–C) groups is 1. The Morgan fingerprint density at radius 3 is 2.38 bits per heavy atom. The molecule has 1 aromatic rings. The molecule has 0 spiro atoms. The molecule has 8 heteroatoms. The number of hydrogen-bond acceptors (Lipinski definition) is 5. The maximum absolute atomic E-state index is 15.6. The number of ether oxygens (including phenoxy) is 1. The molecule has 2 N–H and O–H groups in total. The first-order chi connectivity index (χ1) is 18.3. The first kappa shape index (κ1) is 34.0. The molecule has 1 aromatic carbocycles. The summed E-state index contributed by atoms with van der Waals surface area (Å²) in [5.74, 6) is -1.17. The third-order valence-electron chi connectivity index (χ3n) is 6.08. The predicted molar refractivity (Wildman–Crippen MR) is 159 cm³/mol. The van der Waals surface area contributed by atoms with Crippen LogP contribution < -0.4 is 10.6 Å². The number of anilines is 1. The SMILES string of the molecule is C/C=C\NC(=C\CC)/C(N=CC(C)CC)=C(/C)CN(C)C(CC)c1c(F)ccc(NC(=O)OC(C)(C)C)c1F. The zero-order valence-corrected chi connectivity index (χ0v) is 25.4. The van der Waals surface area contributed by atoms with Gasteiger partial charge in [0.15, 0.2) is 5.82 Å². The Balaban J connectivity index is 3.46. The Labute approximate surface area is 234 Å². The van der Waals surface area contributed by atoms with Gasteiger partial charge in [0, 0.05) is 24.4 Å². The average molecular weight is 547 g/mol. The molecule has 0 bridgehead atoms. The number of nitrogens with zero attached hydrogens (tertiary/aromatic N) is 2. The van der Waals surface area contributed by atoms with Crippen LogP contribution in [0.3, 0.4) is 0 Å². The fraction of sp³-hybridized carbons (Fsp3) is 0.548. The summed E-state index contributed by atoms with van der Waals surface area (Å²) in [6.45, 7) is 17.7. The van der Waals surface area contributed by atoms with Gasteiger partial charge in [-0.15, -0.1) is 0 Å². The van der Waals surface area contributed by atoms with E-state index in [2.05, 4.69) is 37.5 Å². The first-order valence-corrected chi connectivity index (χ1v) is 13.8. The Morgan fingerprint density at radius 2 is 1.85 bits per heavy atom. The minimum Gasteiger partial charge on any atom is -0.444 e. The number of halogens is 2. The van der Waals surface area contributed by atoms with Crippen molar-refractivity contribution in [1.82, 2.24) is 10.2 Å². The molecule has 0 fully saturated rings. The van der Waals surface area contributed by atoms with Crippen LogP contribution >= 0.6 is 0 Å². The van der Waals surface area contributed by atoms with Crippen molar-refractivity contribution in [2.75, 3.05) is 18.9 Å². The molecule has 0 radical (unpaired) electrons. The standard InChI is InChI=1S/C31H48F2N4O2/c1-11-15-25(34-18-12-2)29(35-19-21(5)13-3)22(6)20-37(10)26(14-4)27-23(32)16-17-24(28(27)33)36-30(38)39-31(7,8)9/h12,15-19,21,26,34H,11,13-14,20H2,1-10H3,(H,36,38)/b18-12-,25-15-,29-22+,35-19?. The minimum absolute atomic E-state index is 0.0950. The molecule has 1 rings (SSSR count). The second-order valence-corrected chi connectivity index (χ2v) is 10.8. The molecule has 0 saturated heterocycles. The lowest BCUT2D eigenvalue weighted by molar-refractivity contribution is 0.0635. The van der Waals surface area contributed by atoms with Gasteiger partial charge >= 0.3 is 6.09 Å². The third-order valence-corrected chi connectivity index (χ3v) is 6.08. The Kier molecular flexibility index (Phi) is 14.1. The van der Waals surface area contributed by atoms with Crippen molar-refractivity contribution in [3.63, 3.8) is 0 Å². The monoisotopic (exact) mass is 546 g/mol. The van der Waals surface area contributed by atoms with Crippen molar-refractivity contribution in [2.45, 2.75) is 93.2 Å². The number of amides is 1. The van der Waals surface area contributed by atoms with Gasteiger partial charge in [-0.05, 0) is 90.8 Å². The summed E-state index contributed by atoms with van der Waals surface area (Å²) in [5, 5.41) is 5.74. The van der Waals surface area contributed by atoms with Gasteiger partial charge in [-0.2, -0.15) is 0 Å². The largest absolute Gasteiger partial charge is 0.444 e. The van der Waals surface area contributed by atoms with Crippen LogP contribution in [-0.2, 0) is 4.74 Å². The number of carbonyl (C=O) groups is 1. The van der Waals surface area contributed by atoms with Gasteiger partial charge in [-0.3, -0.25) is 15.2 Å². The van der Waals surface area contributed by atoms with E-state index in [-0.39, 0.29) is 11.3 Å². The molecule has 1 amide bonds. The second-order valence-electron chi connectivity index (χ2n) is 10.8. The molecule has 39 heavy (non-hydrogen) atoms. The highest BCUT2D eigenvalue weighted by molar-refractivity contribution is 5.85. The van der Waals surface area contributed by atoms with Gasteiger partial charge in [-0.1, -0.05) is 39.8 Å². The topological polar surface area (TPSA) is 66.0 Å². The molecule has 6 nitrogen and oxygen atoms in total. The molecular weight excluding hydrogens is 498 g/mol. The number of carbonyl (C=O) groups excluding carboxylic acids is 1. The van der Waals surface area contributed by atoms with Crippen LogP contribution in [-0.4, -0.2) is 36.4 Å². The summed E-state index contributed by atoms with van der Waals surface area (Å²) < 4.78 is 36.0. The maximum Gasteiger partial charge on any atom is 0.412 e. The van der Waals surface area contributed by atoms with Crippen LogP contribution in [0.4, 0.5) is 19.3 Å². The molecular formula is C31H48F2N4O2. The Bertz CT molecular complexity index is 1070. The predicted octanol–water partition coefficient (Wildman–Crippen LogP) is 8.50. The van der Waals surface area contributed by atoms with Crippen LogP contribution in [0, 0.1) is 17.6 Å². The van der Waals surface area contributed by atoms with Gasteiger partial charge in [0.1, 0.15) is 11.4 Å². The fourth-order valence-corrected chi connectivity index (χ4v) is 4.00. The van der Waals surface area contributed by atoms with Gasteiger partial charge in [0.25, 0.3) is 0 Å². The molecule has 0 saturated carbocycles. The van der Waals surface area contributed by atoms with Crippen LogP contribution in [0.1, 0.15) is 93.2 Å². The number of rotatable bonds is 13. The highest BCUT2D eigenvalue weighted by Crippen LogP contribution is 2.33. The summed E-state index contributed by atoms with van der Waals surface area (Å²) in [5.41, 5.74) is 1.68. The van der Waals surface area contributed by atoms with E-state index < -0.39 is 29.4 Å². The normalized spacial score (nSPS) is 15.1. The average Bonchev–Trinajstić information content (AvgIpc) is 2.85. The van der Waals surface area contributed by atoms with Crippen molar-refractivity contribution >= 4 is 18.0 Å². The van der Waals surface area contributed by atoms with E-state index in [9.17, 15) is 4.79 Å². The molecule has 0 aliphatic heterocycles. The quantitative estimate of drug-likeness (QED) is 0.192. The van der Waals surface area contributed by atoms with Gasteiger partial charge < -0.3 is 10.1 Å². The third kappa shape index (κ3) is 10.9. The summed E-state index contributed by atoms with van der Waals surface area (Å²) in [7, 11) is 1.84. The lowest BCUT2D eigenvalue weighted by atomic mass is 9.99. The summed E-state index contributed by atoms with van der Waals surface area (Å²) in [6, 6.07) is 1.81. The zero-order valence-electron chi connectivity index (χ0n) is 25.4. The zero-order chi connectivity index (χ0) is 29.8. The van der Waals surface area contributed by atoms with E-state index >= 15 is 8.78 Å². The lowest BCUT2D eigenvalue weighted by Crippen LogP contribution is -2.29. The number of hydrogen-bond donors (Lipinski definition) is 2. The van der Waals surface area contributed by atoms with Crippen LogP contribution in [0.15, 0.2) is 52.4 Å². The van der Waals surface area contributed by atoms with Crippen molar-refractivity contribution < 1.29 is 18.3 Å². The molecule has 2 atom stereocenters. The van der Waals surface area contributed by atoms with Crippen molar-refractivity contribution in [1.29, 1.82) is 0 Å². The smallest absolute Gasteiger partial charge is 0.412 e. The molecule has 2 unspecified atom stereocenters. The first-order valence-electron chi connectivity index (χ1n) is 13.8. The van der Waals surface area contributed by atoms with Crippen molar-refractivity contribution in [3.8, 4) is 0 Å². The van der Waals surface area contributed by atoms with E-state index in [4.69, 9.17) is 9.73 Å². The second kappa shape index (κ2) is 16.2. The number of nitrogens with one attached hydrogen (secondary N) is 2. The molecule has 218 valence electrons. The Morgan fingerprint density at radius 1 is 1.18 bits per heavy atom. The molecule has 0 aromatic heterocycles. The lowest BCUT2D eigenvalue weighted by Gasteiger charge is -2.29.